The number of nitrogens with zero attached hydrogens (tertiary/aromatic N) is 3. The molecular weight excluding hydrogens is 495 g/mol. The Bertz CT molecular complexity index is 1440. The number of fused-ring (bicyclic) bond motifs is 4. The van der Waals surface area contributed by atoms with E-state index in [0.29, 0.717) is 19.6 Å². The van der Waals surface area contributed by atoms with Gasteiger partial charge in [-0.15, -0.1) is 0 Å². The number of amides is 2. The van der Waals surface area contributed by atoms with Gasteiger partial charge in [-0.2, -0.15) is 0 Å². The van der Waals surface area contributed by atoms with Crippen molar-refractivity contribution in [1.82, 2.24) is 14.8 Å². The molecule has 2 aliphatic heterocycles. The van der Waals surface area contributed by atoms with Crippen LogP contribution in [0.1, 0.15) is 47.8 Å². The Balaban J connectivity index is 1.44. The summed E-state index contributed by atoms with van der Waals surface area (Å²) in [7, 11) is 0. The topological polar surface area (TPSA) is 74.7 Å². The molecule has 2 unspecified atom stereocenters. The molecule has 39 heavy (non-hydrogen) atoms. The number of piperidine rings is 1. The predicted octanol–water partition coefficient (Wildman–Crippen LogP) is 4.25. The maximum Gasteiger partial charge on any atom is 0.270 e. The average molecular weight is 529 g/mol. The number of nitrogens with one attached hydrogen (secondary N) is 1. The maximum atomic E-state index is 13.9. The van der Waals surface area contributed by atoms with Crippen LogP contribution in [0.4, 0.5) is 10.1 Å². The lowest BCUT2D eigenvalue weighted by atomic mass is 9.83. The van der Waals surface area contributed by atoms with Gasteiger partial charge in [0.15, 0.2) is 0 Å². The third-order valence-electron chi connectivity index (χ3n) is 7.68. The van der Waals surface area contributed by atoms with Gasteiger partial charge < -0.3 is 19.7 Å². The molecule has 1 N–H and O–H groups in total. The molecule has 0 spiro atoms. The molecule has 2 aromatic carbocycles. The van der Waals surface area contributed by atoms with Crippen LogP contribution >= 0.6 is 0 Å². The summed E-state index contributed by atoms with van der Waals surface area (Å²) in [4.78, 5) is 43.4. The van der Waals surface area contributed by atoms with Crippen LogP contribution in [0.5, 0.6) is 0 Å². The first-order valence-corrected chi connectivity index (χ1v) is 13.5. The van der Waals surface area contributed by atoms with E-state index in [1.165, 1.54) is 24.3 Å². The number of hydrogen-bond acceptors (Lipinski definition) is 4. The van der Waals surface area contributed by atoms with Gasteiger partial charge in [0.25, 0.3) is 17.4 Å². The molecule has 1 saturated heterocycles. The van der Waals surface area contributed by atoms with Crippen LogP contribution in [0, 0.1) is 11.7 Å². The quantitative estimate of drug-likeness (QED) is 0.466. The van der Waals surface area contributed by atoms with Crippen molar-refractivity contribution in [3.8, 4) is 0 Å². The first-order valence-electron chi connectivity index (χ1n) is 13.5. The largest absolute Gasteiger partial charge is 0.372 e. The number of pyridine rings is 1. The van der Waals surface area contributed by atoms with Crippen LogP contribution in [-0.2, 0) is 11.3 Å². The molecular formula is C31H33FN4O3. The third kappa shape index (κ3) is 5.65. The number of carbonyl (C=O) groups is 2. The van der Waals surface area contributed by atoms with Gasteiger partial charge in [0.05, 0.1) is 0 Å². The van der Waals surface area contributed by atoms with Crippen molar-refractivity contribution < 1.29 is 14.0 Å². The first kappa shape index (κ1) is 26.4. The summed E-state index contributed by atoms with van der Waals surface area (Å²) in [5, 5.41) is 2.79. The molecule has 7 nitrogen and oxygen atoms in total. The minimum absolute atomic E-state index is 0.0118. The number of likely N-dealkylation sites (tertiary alicyclic amines) is 1. The number of aromatic nitrogens is 1. The van der Waals surface area contributed by atoms with Crippen LogP contribution in [0.3, 0.4) is 0 Å². The van der Waals surface area contributed by atoms with Crippen LogP contribution in [0.15, 0.2) is 77.2 Å². The molecule has 202 valence electrons. The van der Waals surface area contributed by atoms with Crippen molar-refractivity contribution >= 4 is 23.6 Å². The molecule has 2 atom stereocenters. The first-order chi connectivity index (χ1) is 18.9. The highest BCUT2D eigenvalue weighted by Gasteiger charge is 2.37. The number of benzene rings is 2. The van der Waals surface area contributed by atoms with Gasteiger partial charge >= 0.3 is 0 Å². The number of rotatable bonds is 7. The highest BCUT2D eigenvalue weighted by atomic mass is 19.1. The Hall–Kier alpha value is -4.20. The van der Waals surface area contributed by atoms with Crippen molar-refractivity contribution in [3.63, 3.8) is 0 Å². The fourth-order valence-electron chi connectivity index (χ4n) is 5.72. The van der Waals surface area contributed by atoms with Gasteiger partial charge in [-0.05, 0) is 80.3 Å². The second kappa shape index (κ2) is 11.3. The molecule has 3 heterocycles. The van der Waals surface area contributed by atoms with E-state index in [-0.39, 0.29) is 34.6 Å². The second-order valence-corrected chi connectivity index (χ2v) is 10.2. The zero-order valence-corrected chi connectivity index (χ0v) is 22.3. The van der Waals surface area contributed by atoms with Crippen molar-refractivity contribution in [3.05, 3.63) is 105 Å². The van der Waals surface area contributed by atoms with Crippen LogP contribution in [0.25, 0.3) is 6.08 Å². The van der Waals surface area contributed by atoms with Gasteiger partial charge in [0, 0.05) is 61.7 Å². The highest BCUT2D eigenvalue weighted by Crippen LogP contribution is 2.35. The number of carbonyl (C=O) groups excluding carboxylic acids is 2. The standard InChI is InChI=1S/C31H33FN4O3/c1-3-34(4-2)26-14-8-21(9-15-26)17-27(33-30(38)23-10-12-25(32)13-11-23)31(39)35-18-22-16-24(20-35)28-6-5-7-29(37)36(28)19-22/h5-15,17,22,24H,3-4,16,18-20H2,1-2H3,(H,33,38)/b27-17-. The molecule has 0 saturated carbocycles. The minimum atomic E-state index is -0.483. The fraction of sp³-hybridized carbons (Fsp3) is 0.323. The summed E-state index contributed by atoms with van der Waals surface area (Å²) in [5.74, 6) is -0.991. The fourth-order valence-corrected chi connectivity index (χ4v) is 5.72. The monoisotopic (exact) mass is 528 g/mol. The molecule has 8 heteroatoms. The number of halogens is 1. The molecule has 3 aromatic rings. The van der Waals surface area contributed by atoms with E-state index >= 15 is 0 Å². The molecule has 1 fully saturated rings. The average Bonchev–Trinajstić information content (AvgIpc) is 2.94. The zero-order valence-electron chi connectivity index (χ0n) is 22.3. The molecule has 5 rings (SSSR count). The summed E-state index contributed by atoms with van der Waals surface area (Å²) in [5.41, 5.74) is 3.22. The van der Waals surface area contributed by atoms with E-state index < -0.39 is 11.7 Å². The maximum absolute atomic E-state index is 13.9. The van der Waals surface area contributed by atoms with Crippen LogP contribution in [0.2, 0.25) is 0 Å². The Kier molecular flexibility index (Phi) is 7.63. The van der Waals surface area contributed by atoms with E-state index in [0.717, 1.165) is 36.5 Å². The van der Waals surface area contributed by atoms with Gasteiger partial charge in [-0.3, -0.25) is 14.4 Å². The SMILES string of the molecule is CCN(CC)c1ccc(/C=C(\NC(=O)c2ccc(F)cc2)C(=O)N2CC3CC(C2)c2cccc(=O)n2C3)cc1. The highest BCUT2D eigenvalue weighted by molar-refractivity contribution is 6.05. The Labute approximate surface area is 227 Å². The smallest absolute Gasteiger partial charge is 0.270 e. The molecule has 2 amide bonds. The zero-order chi connectivity index (χ0) is 27.5. The summed E-state index contributed by atoms with van der Waals surface area (Å²) < 4.78 is 15.3. The summed E-state index contributed by atoms with van der Waals surface area (Å²) in [6, 6.07) is 18.4. The van der Waals surface area contributed by atoms with Crippen molar-refractivity contribution in [2.24, 2.45) is 5.92 Å². The van der Waals surface area contributed by atoms with Crippen molar-refractivity contribution in [2.45, 2.75) is 32.7 Å². The van der Waals surface area contributed by atoms with E-state index in [2.05, 4.69) is 24.1 Å². The van der Waals surface area contributed by atoms with Gasteiger partial charge in [0.1, 0.15) is 11.5 Å². The van der Waals surface area contributed by atoms with Crippen molar-refractivity contribution in [1.29, 1.82) is 0 Å². The predicted molar refractivity (Wildman–Crippen MR) is 150 cm³/mol. The van der Waals surface area contributed by atoms with E-state index in [9.17, 15) is 18.8 Å². The lowest BCUT2D eigenvalue weighted by Gasteiger charge is -2.43. The van der Waals surface area contributed by atoms with Gasteiger partial charge in [-0.25, -0.2) is 4.39 Å². The van der Waals surface area contributed by atoms with Crippen LogP contribution in [-0.4, -0.2) is 47.5 Å². The lowest BCUT2D eigenvalue weighted by Crippen LogP contribution is -2.50. The molecule has 0 aliphatic carbocycles. The lowest BCUT2D eigenvalue weighted by molar-refractivity contribution is -0.130. The third-order valence-corrected chi connectivity index (χ3v) is 7.68. The van der Waals surface area contributed by atoms with E-state index in [1.807, 2.05) is 34.9 Å². The summed E-state index contributed by atoms with van der Waals surface area (Å²) in [6.07, 6.45) is 2.61. The molecule has 0 radical (unpaired) electrons. The van der Waals surface area contributed by atoms with Crippen molar-refractivity contribution in [2.75, 3.05) is 31.1 Å². The van der Waals surface area contributed by atoms with E-state index in [4.69, 9.17) is 0 Å². The molecule has 2 bridgehead atoms. The minimum Gasteiger partial charge on any atom is -0.372 e. The van der Waals surface area contributed by atoms with Crippen LogP contribution < -0.4 is 15.8 Å². The second-order valence-electron chi connectivity index (χ2n) is 10.2. The Morgan fingerprint density at radius 2 is 1.69 bits per heavy atom. The summed E-state index contributed by atoms with van der Waals surface area (Å²) in [6.45, 7) is 7.50. The van der Waals surface area contributed by atoms with E-state index in [1.54, 1.807) is 23.1 Å². The summed E-state index contributed by atoms with van der Waals surface area (Å²) >= 11 is 0. The number of anilines is 1. The number of hydrogen-bond donors (Lipinski definition) is 1. The van der Waals surface area contributed by atoms with Gasteiger partial charge in [0.2, 0.25) is 0 Å². The normalized spacial score (nSPS) is 18.3. The van der Waals surface area contributed by atoms with Gasteiger partial charge in [-0.1, -0.05) is 18.2 Å². The molecule has 2 aliphatic rings. The Morgan fingerprint density at radius 1 is 0.974 bits per heavy atom. The molecule has 1 aromatic heterocycles. The Morgan fingerprint density at radius 3 is 2.38 bits per heavy atom.